The first-order chi connectivity index (χ1) is 6.02. The van der Waals surface area contributed by atoms with Crippen molar-refractivity contribution in [3.63, 3.8) is 0 Å². The second kappa shape index (κ2) is 6.25. The number of hydrogen-bond acceptors (Lipinski definition) is 4. The second-order valence-corrected chi connectivity index (χ2v) is 3.67. The van der Waals surface area contributed by atoms with Gasteiger partial charge in [0.15, 0.2) is 0 Å². The summed E-state index contributed by atoms with van der Waals surface area (Å²) in [6.45, 7) is 0.317. The molecule has 0 N–H and O–H groups in total. The molecule has 0 atom stereocenters. The highest BCUT2D eigenvalue weighted by Gasteiger charge is 2.19. The molecule has 0 heterocycles. The van der Waals surface area contributed by atoms with Crippen molar-refractivity contribution in [2.75, 3.05) is 40.5 Å². The lowest BCUT2D eigenvalue weighted by atomic mass is 10.6. The Hall–Kier alpha value is -0.240. The summed E-state index contributed by atoms with van der Waals surface area (Å²) >= 11 is 0. The maximum Gasteiger partial charge on any atom is 0.374 e. The molecule has 0 saturated carbocycles. The number of rotatable bonds is 7. The van der Waals surface area contributed by atoms with Gasteiger partial charge in [-0.05, 0) is 0 Å². The van der Waals surface area contributed by atoms with Crippen LogP contribution in [0.1, 0.15) is 0 Å². The zero-order valence-electron chi connectivity index (χ0n) is 7.69. The quantitative estimate of drug-likeness (QED) is 0.552. The van der Waals surface area contributed by atoms with E-state index in [2.05, 4.69) is 9.47 Å². The maximum absolute atomic E-state index is 12.5. The Morgan fingerprint density at radius 3 is 1.77 bits per heavy atom. The van der Waals surface area contributed by atoms with Gasteiger partial charge in [-0.2, -0.15) is 12.7 Å². The second-order valence-electron chi connectivity index (χ2n) is 2.33. The Bertz CT molecular complexity index is 211. The number of hydrogen-bond donors (Lipinski definition) is 0. The highest BCUT2D eigenvalue weighted by atomic mass is 32.3. The molecular weight excluding hydrogens is 201 g/mol. The van der Waals surface area contributed by atoms with Crippen molar-refractivity contribution < 1.29 is 21.8 Å². The van der Waals surface area contributed by atoms with Crippen molar-refractivity contribution in [2.45, 2.75) is 0 Å². The van der Waals surface area contributed by atoms with Crippen LogP contribution in [0.15, 0.2) is 0 Å². The van der Waals surface area contributed by atoms with Crippen molar-refractivity contribution in [1.29, 1.82) is 0 Å². The van der Waals surface area contributed by atoms with E-state index in [-0.39, 0.29) is 26.3 Å². The van der Waals surface area contributed by atoms with Crippen LogP contribution in [0.5, 0.6) is 0 Å². The number of ether oxygens (including phenoxy) is 2. The van der Waals surface area contributed by atoms with Gasteiger partial charge in [-0.1, -0.05) is 3.89 Å². The number of nitrogens with zero attached hydrogens (tertiary/aromatic N) is 1. The fourth-order valence-electron chi connectivity index (χ4n) is 0.716. The van der Waals surface area contributed by atoms with Gasteiger partial charge < -0.3 is 9.47 Å². The summed E-state index contributed by atoms with van der Waals surface area (Å²) in [5.41, 5.74) is 0. The Kier molecular flexibility index (Phi) is 6.13. The van der Waals surface area contributed by atoms with Crippen LogP contribution < -0.4 is 0 Å². The maximum atomic E-state index is 12.5. The summed E-state index contributed by atoms with van der Waals surface area (Å²) in [6.07, 6.45) is 0. The third kappa shape index (κ3) is 5.92. The van der Waals surface area contributed by atoms with Gasteiger partial charge in [-0.15, -0.1) is 0 Å². The lowest BCUT2D eigenvalue weighted by Crippen LogP contribution is -2.33. The lowest BCUT2D eigenvalue weighted by Gasteiger charge is -2.15. The van der Waals surface area contributed by atoms with Gasteiger partial charge in [0, 0.05) is 27.3 Å². The van der Waals surface area contributed by atoms with E-state index in [1.54, 1.807) is 0 Å². The van der Waals surface area contributed by atoms with Gasteiger partial charge >= 0.3 is 10.4 Å². The van der Waals surface area contributed by atoms with Crippen molar-refractivity contribution in [3.8, 4) is 0 Å². The van der Waals surface area contributed by atoms with Gasteiger partial charge in [0.2, 0.25) is 0 Å². The number of halogens is 1. The lowest BCUT2D eigenvalue weighted by molar-refractivity contribution is 0.148. The van der Waals surface area contributed by atoms with Crippen LogP contribution in [0, 0.1) is 0 Å². The Morgan fingerprint density at radius 2 is 1.54 bits per heavy atom. The summed E-state index contributed by atoms with van der Waals surface area (Å²) in [7, 11) is -1.80. The minimum atomic E-state index is -4.64. The summed E-state index contributed by atoms with van der Waals surface area (Å²) in [5.74, 6) is 0. The van der Waals surface area contributed by atoms with Gasteiger partial charge in [-0.3, -0.25) is 0 Å². The Labute approximate surface area is 77.8 Å². The third-order valence-corrected chi connectivity index (χ3v) is 2.38. The van der Waals surface area contributed by atoms with Crippen LogP contribution in [0.3, 0.4) is 0 Å². The predicted molar refractivity (Wildman–Crippen MR) is 45.4 cm³/mol. The minimum absolute atomic E-state index is 0.00130. The molecule has 5 nitrogen and oxygen atoms in total. The smallest absolute Gasteiger partial charge is 0.374 e. The predicted octanol–water partition coefficient (Wildman–Crippen LogP) is -0.204. The molecule has 0 radical (unpaired) electrons. The molecule has 0 unspecified atom stereocenters. The standard InChI is InChI=1S/C6H14FNO4S/c1-11-5-3-8(4-6-12-2)13(7,9)10/h3-6H2,1-2H3. The summed E-state index contributed by atoms with van der Waals surface area (Å²) < 4.78 is 43.4. The summed E-state index contributed by atoms with van der Waals surface area (Å²) in [5, 5.41) is 0. The van der Waals surface area contributed by atoms with Crippen molar-refractivity contribution in [1.82, 2.24) is 4.31 Å². The first-order valence-corrected chi connectivity index (χ1v) is 5.04. The molecule has 7 heteroatoms. The highest BCUT2D eigenvalue weighted by molar-refractivity contribution is 7.83. The van der Waals surface area contributed by atoms with Crippen LogP contribution in [-0.4, -0.2) is 53.2 Å². The molecule has 0 aliphatic carbocycles. The average molecular weight is 215 g/mol. The van der Waals surface area contributed by atoms with Crippen molar-refractivity contribution in [3.05, 3.63) is 0 Å². The molecule has 0 aromatic heterocycles. The number of methoxy groups -OCH3 is 2. The molecule has 13 heavy (non-hydrogen) atoms. The molecule has 0 saturated heterocycles. The molecule has 0 rings (SSSR count). The SMILES string of the molecule is COCCN(CCOC)S(=O)(=O)F. The van der Waals surface area contributed by atoms with E-state index in [9.17, 15) is 12.3 Å². The molecule has 0 aromatic rings. The molecular formula is C6H14FNO4S. The third-order valence-electron chi connectivity index (χ3n) is 1.40. The molecule has 0 aliphatic rings. The molecule has 80 valence electrons. The molecule has 0 aromatic carbocycles. The van der Waals surface area contributed by atoms with E-state index >= 15 is 0 Å². The fraction of sp³-hybridized carbons (Fsp3) is 1.00. The summed E-state index contributed by atoms with van der Waals surface area (Å²) in [6, 6.07) is 0. The van der Waals surface area contributed by atoms with E-state index in [1.165, 1.54) is 14.2 Å². The normalized spacial score (nSPS) is 12.3. The molecule has 0 aliphatic heterocycles. The largest absolute Gasteiger partial charge is 0.383 e. The first-order valence-electron chi connectivity index (χ1n) is 3.70. The van der Waals surface area contributed by atoms with E-state index in [0.717, 1.165) is 0 Å². The van der Waals surface area contributed by atoms with E-state index in [1.807, 2.05) is 0 Å². The van der Waals surface area contributed by atoms with Crippen molar-refractivity contribution in [2.24, 2.45) is 0 Å². The van der Waals surface area contributed by atoms with Gasteiger partial charge in [0.1, 0.15) is 0 Å². The highest BCUT2D eigenvalue weighted by Crippen LogP contribution is 2.01. The topological polar surface area (TPSA) is 55.8 Å². The van der Waals surface area contributed by atoms with Gasteiger partial charge in [0.05, 0.1) is 13.2 Å². The molecule has 0 fully saturated rings. The fourth-order valence-corrected chi connectivity index (χ4v) is 1.30. The molecule has 0 amide bonds. The first kappa shape index (κ1) is 12.8. The van der Waals surface area contributed by atoms with Gasteiger partial charge in [-0.25, -0.2) is 0 Å². The Morgan fingerprint density at radius 1 is 1.15 bits per heavy atom. The monoisotopic (exact) mass is 215 g/mol. The van der Waals surface area contributed by atoms with Crippen LogP contribution in [-0.2, 0) is 19.9 Å². The van der Waals surface area contributed by atoms with E-state index in [0.29, 0.717) is 4.31 Å². The zero-order chi connectivity index (χ0) is 10.3. The van der Waals surface area contributed by atoms with E-state index in [4.69, 9.17) is 0 Å². The van der Waals surface area contributed by atoms with Crippen LogP contribution in [0.4, 0.5) is 3.89 Å². The molecule has 0 spiro atoms. The minimum Gasteiger partial charge on any atom is -0.383 e. The molecule has 0 bridgehead atoms. The summed E-state index contributed by atoms with van der Waals surface area (Å²) in [4.78, 5) is 0. The van der Waals surface area contributed by atoms with E-state index < -0.39 is 10.4 Å². The van der Waals surface area contributed by atoms with Crippen LogP contribution >= 0.6 is 0 Å². The van der Waals surface area contributed by atoms with Gasteiger partial charge in [0.25, 0.3) is 0 Å². The van der Waals surface area contributed by atoms with Crippen molar-refractivity contribution >= 4 is 10.4 Å². The Balaban J connectivity index is 4.04. The van der Waals surface area contributed by atoms with Crippen LogP contribution in [0.2, 0.25) is 0 Å². The van der Waals surface area contributed by atoms with Crippen LogP contribution in [0.25, 0.3) is 0 Å². The average Bonchev–Trinajstić information content (AvgIpc) is 2.02. The zero-order valence-corrected chi connectivity index (χ0v) is 8.51.